The predicted octanol–water partition coefficient (Wildman–Crippen LogP) is 3.86. The Balaban J connectivity index is 1.55. The zero-order chi connectivity index (χ0) is 20.4. The number of rotatable bonds is 7. The van der Waals surface area contributed by atoms with Gasteiger partial charge in [-0.05, 0) is 31.9 Å². The molecular weight excluding hydrogens is 404 g/mol. The van der Waals surface area contributed by atoms with Gasteiger partial charge in [0.1, 0.15) is 5.01 Å². The number of fused-ring (bicyclic) bond motifs is 1. The Kier molecular flexibility index (Phi) is 5.60. The van der Waals surface area contributed by atoms with Gasteiger partial charge in [-0.3, -0.25) is 9.59 Å². The lowest BCUT2D eigenvalue weighted by Crippen LogP contribution is -2.25. The molecule has 2 aromatic heterocycles. The minimum Gasteiger partial charge on any atom is -0.349 e. The van der Waals surface area contributed by atoms with E-state index < -0.39 is 5.92 Å². The van der Waals surface area contributed by atoms with E-state index in [2.05, 4.69) is 21.4 Å². The van der Waals surface area contributed by atoms with Gasteiger partial charge >= 0.3 is 0 Å². The van der Waals surface area contributed by atoms with Crippen molar-refractivity contribution in [2.75, 3.05) is 5.75 Å². The molecule has 8 heteroatoms. The molecule has 146 valence electrons. The molecule has 1 saturated carbocycles. The predicted molar refractivity (Wildman–Crippen MR) is 113 cm³/mol. The molecule has 0 unspecified atom stereocenters. The summed E-state index contributed by atoms with van der Waals surface area (Å²) in [4.78, 5) is 34.1. The third-order valence-corrected chi connectivity index (χ3v) is 6.51. The minimum absolute atomic E-state index is 0.0892. The lowest BCUT2D eigenvalue weighted by atomic mass is 10.1. The number of ketones is 1. The maximum Gasteiger partial charge on any atom is 0.252 e. The summed E-state index contributed by atoms with van der Waals surface area (Å²) in [5.74, 6) is -1.12. The van der Waals surface area contributed by atoms with E-state index in [1.54, 1.807) is 6.07 Å². The number of carbonyl (C=O) groups excluding carboxylic acids is 2. The highest BCUT2D eigenvalue weighted by molar-refractivity contribution is 7.99. The van der Waals surface area contributed by atoms with E-state index in [4.69, 9.17) is 0 Å². The van der Waals surface area contributed by atoms with Crippen molar-refractivity contribution in [1.82, 2.24) is 15.3 Å². The second-order valence-corrected chi connectivity index (χ2v) is 8.80. The van der Waals surface area contributed by atoms with Crippen LogP contribution in [-0.2, 0) is 4.79 Å². The fraction of sp³-hybridized carbons (Fsp3) is 0.286. The number of benzene rings is 1. The van der Waals surface area contributed by atoms with Crippen molar-refractivity contribution in [3.05, 3.63) is 52.0 Å². The van der Waals surface area contributed by atoms with Crippen LogP contribution in [0.3, 0.4) is 0 Å². The van der Waals surface area contributed by atoms with Gasteiger partial charge < -0.3 is 5.32 Å². The number of hydrogen-bond donors (Lipinski definition) is 1. The summed E-state index contributed by atoms with van der Waals surface area (Å²) in [5, 5.41) is 16.2. The summed E-state index contributed by atoms with van der Waals surface area (Å²) in [6.45, 7) is 1.83. The Labute approximate surface area is 176 Å². The molecule has 1 amide bonds. The summed E-state index contributed by atoms with van der Waals surface area (Å²) in [6.07, 6.45) is 2.02. The molecule has 4 rings (SSSR count). The van der Waals surface area contributed by atoms with E-state index in [0.29, 0.717) is 21.1 Å². The van der Waals surface area contributed by atoms with E-state index in [1.807, 2.05) is 36.6 Å². The van der Waals surface area contributed by atoms with Crippen LogP contribution < -0.4 is 5.32 Å². The van der Waals surface area contributed by atoms with Gasteiger partial charge in [-0.15, -0.1) is 11.3 Å². The highest BCUT2D eigenvalue weighted by atomic mass is 32.2. The monoisotopic (exact) mass is 422 g/mol. The second kappa shape index (κ2) is 8.31. The summed E-state index contributed by atoms with van der Waals surface area (Å²) in [5.41, 5.74) is 2.07. The van der Waals surface area contributed by atoms with Crippen molar-refractivity contribution in [3.63, 3.8) is 0 Å². The van der Waals surface area contributed by atoms with E-state index >= 15 is 0 Å². The van der Waals surface area contributed by atoms with Gasteiger partial charge in [0.2, 0.25) is 0 Å². The molecular formula is C21H18N4O2S2. The number of nitrogens with zero attached hydrogens (tertiary/aromatic N) is 3. The van der Waals surface area contributed by atoms with Crippen LogP contribution in [0.5, 0.6) is 0 Å². The first kappa shape index (κ1) is 19.6. The first-order chi connectivity index (χ1) is 14.0. The number of thiazole rings is 1. The third kappa shape index (κ3) is 4.47. The van der Waals surface area contributed by atoms with E-state index in [9.17, 15) is 14.9 Å². The molecule has 29 heavy (non-hydrogen) atoms. The van der Waals surface area contributed by atoms with Gasteiger partial charge in [-0.2, -0.15) is 5.26 Å². The number of aryl methyl sites for hydroxylation is 1. The number of amides is 1. The average Bonchev–Trinajstić information content (AvgIpc) is 3.44. The minimum atomic E-state index is -0.876. The van der Waals surface area contributed by atoms with Crippen LogP contribution in [0.2, 0.25) is 0 Å². The Morgan fingerprint density at radius 1 is 1.34 bits per heavy atom. The number of para-hydroxylation sites is 1. The van der Waals surface area contributed by atoms with Crippen molar-refractivity contribution in [2.24, 2.45) is 0 Å². The molecule has 2 heterocycles. The van der Waals surface area contributed by atoms with Crippen LogP contribution in [0, 0.1) is 18.3 Å². The number of carbonyl (C=O) groups is 2. The fourth-order valence-corrected chi connectivity index (χ4v) is 4.58. The molecule has 1 atom stereocenters. The van der Waals surface area contributed by atoms with Gasteiger partial charge in [-0.25, -0.2) is 9.97 Å². The Morgan fingerprint density at radius 2 is 2.14 bits per heavy atom. The highest BCUT2D eigenvalue weighted by Crippen LogP contribution is 2.28. The zero-order valence-corrected chi connectivity index (χ0v) is 17.3. The summed E-state index contributed by atoms with van der Waals surface area (Å²) >= 11 is 2.56. The number of pyridine rings is 1. The van der Waals surface area contributed by atoms with E-state index in [1.165, 1.54) is 23.1 Å². The summed E-state index contributed by atoms with van der Waals surface area (Å²) in [7, 11) is 0. The number of hydrogen-bond acceptors (Lipinski definition) is 7. The molecule has 6 nitrogen and oxygen atoms in total. The molecule has 1 N–H and O–H groups in total. The molecule has 0 saturated heterocycles. The molecule has 1 fully saturated rings. The van der Waals surface area contributed by atoms with Crippen LogP contribution in [0.25, 0.3) is 10.9 Å². The van der Waals surface area contributed by atoms with Crippen LogP contribution in [0.4, 0.5) is 0 Å². The van der Waals surface area contributed by atoms with Gasteiger partial charge in [0.25, 0.3) is 5.91 Å². The molecule has 0 radical (unpaired) electrons. The Bertz CT molecular complexity index is 1130. The van der Waals surface area contributed by atoms with Gasteiger partial charge in [0.05, 0.1) is 27.9 Å². The van der Waals surface area contributed by atoms with Crippen LogP contribution in [0.15, 0.2) is 40.7 Å². The van der Waals surface area contributed by atoms with E-state index in [0.717, 1.165) is 23.9 Å². The average molecular weight is 423 g/mol. The van der Waals surface area contributed by atoms with Crippen LogP contribution in [0.1, 0.15) is 39.8 Å². The van der Waals surface area contributed by atoms with E-state index in [-0.39, 0.29) is 23.5 Å². The second-order valence-electron chi connectivity index (χ2n) is 6.92. The zero-order valence-electron chi connectivity index (χ0n) is 15.7. The number of thioether (sulfide) groups is 1. The fourth-order valence-electron chi connectivity index (χ4n) is 2.90. The summed E-state index contributed by atoms with van der Waals surface area (Å²) in [6, 6.07) is 11.5. The normalized spacial score (nSPS) is 14.3. The molecule has 3 aromatic rings. The maximum atomic E-state index is 12.7. The first-order valence-electron chi connectivity index (χ1n) is 9.23. The number of nitriles is 1. The van der Waals surface area contributed by atoms with Gasteiger partial charge in [0.15, 0.2) is 11.7 Å². The molecule has 0 aliphatic heterocycles. The molecule has 1 aliphatic carbocycles. The molecule has 0 bridgehead atoms. The molecule has 1 aliphatic rings. The largest absolute Gasteiger partial charge is 0.349 e. The highest BCUT2D eigenvalue weighted by Gasteiger charge is 2.26. The summed E-state index contributed by atoms with van der Waals surface area (Å²) < 4.78 is 0. The SMILES string of the molecule is Cc1csc([C@@H](C#N)C(=O)CSc2cc(C(=O)NC3CC3)c3ccccc3n2)n1. The van der Waals surface area contributed by atoms with Crippen molar-refractivity contribution >= 4 is 45.7 Å². The van der Waals surface area contributed by atoms with Crippen molar-refractivity contribution in [1.29, 1.82) is 5.26 Å². The standard InChI is InChI=1S/C21H18N4O2S2/c1-12-10-29-21(23-12)16(9-22)18(26)11-28-19-8-15(20(27)24-13-6-7-13)14-4-2-3-5-17(14)25-19/h2-5,8,10,13,16H,6-7,11H2,1H3,(H,24,27)/t16-/m0/s1. The lowest BCUT2D eigenvalue weighted by Gasteiger charge is -2.10. The first-order valence-corrected chi connectivity index (χ1v) is 11.1. The Hall–Kier alpha value is -2.76. The van der Waals surface area contributed by atoms with Gasteiger partial charge in [0, 0.05) is 22.5 Å². The lowest BCUT2D eigenvalue weighted by molar-refractivity contribution is -0.116. The van der Waals surface area contributed by atoms with Crippen LogP contribution >= 0.6 is 23.1 Å². The number of aromatic nitrogens is 2. The van der Waals surface area contributed by atoms with Gasteiger partial charge in [-0.1, -0.05) is 30.0 Å². The third-order valence-electron chi connectivity index (χ3n) is 4.55. The topological polar surface area (TPSA) is 95.7 Å². The number of nitrogens with one attached hydrogen (secondary N) is 1. The molecule has 1 aromatic carbocycles. The Morgan fingerprint density at radius 3 is 2.83 bits per heavy atom. The van der Waals surface area contributed by atoms with Crippen molar-refractivity contribution in [2.45, 2.75) is 36.8 Å². The quantitative estimate of drug-likeness (QED) is 0.581. The van der Waals surface area contributed by atoms with Crippen molar-refractivity contribution < 1.29 is 9.59 Å². The maximum absolute atomic E-state index is 12.7. The smallest absolute Gasteiger partial charge is 0.252 e. The number of Topliss-reactive ketones (excluding diaryl/α,β-unsaturated/α-hetero) is 1. The molecule has 0 spiro atoms. The van der Waals surface area contributed by atoms with Crippen molar-refractivity contribution in [3.8, 4) is 6.07 Å². The van der Waals surface area contributed by atoms with Crippen LogP contribution in [-0.4, -0.2) is 33.5 Å².